The van der Waals surface area contributed by atoms with E-state index in [0.717, 1.165) is 22.0 Å². The predicted molar refractivity (Wildman–Crippen MR) is 76.8 cm³/mol. The topological polar surface area (TPSA) is 70.7 Å². The molecule has 1 amide bonds. The Morgan fingerprint density at radius 3 is 3.10 bits per heavy atom. The number of nitrogens with zero attached hydrogens (tertiary/aromatic N) is 2. The van der Waals surface area contributed by atoms with Crippen molar-refractivity contribution in [1.29, 1.82) is 0 Å². The lowest BCUT2D eigenvalue weighted by Crippen LogP contribution is -2.04. The third kappa shape index (κ3) is 1.60. The molecule has 1 aliphatic rings. The summed E-state index contributed by atoms with van der Waals surface area (Å²) in [6.07, 6.45) is 5.30. The van der Waals surface area contributed by atoms with E-state index in [1.54, 1.807) is 12.4 Å². The first-order chi connectivity index (χ1) is 9.81. The summed E-state index contributed by atoms with van der Waals surface area (Å²) in [4.78, 5) is 16.2. The largest absolute Gasteiger partial charge is 0.306 e. The van der Waals surface area contributed by atoms with Gasteiger partial charge in [-0.05, 0) is 29.8 Å². The van der Waals surface area contributed by atoms with E-state index in [1.807, 2.05) is 36.4 Å². The lowest BCUT2D eigenvalue weighted by Gasteiger charge is -1.98. The van der Waals surface area contributed by atoms with Gasteiger partial charge in [-0.3, -0.25) is 9.89 Å². The summed E-state index contributed by atoms with van der Waals surface area (Å²) in [5.41, 5.74) is 3.36. The van der Waals surface area contributed by atoms with Crippen LogP contribution in [0.5, 0.6) is 0 Å². The Morgan fingerprint density at radius 1 is 1.20 bits per heavy atom. The van der Waals surface area contributed by atoms with Crippen molar-refractivity contribution in [3.8, 4) is 0 Å². The molecule has 0 unspecified atom stereocenters. The number of fused-ring (bicyclic) bond motifs is 2. The Bertz CT molecular complexity index is 863. The van der Waals surface area contributed by atoms with Gasteiger partial charge in [-0.15, -0.1) is 0 Å². The first-order valence-corrected chi connectivity index (χ1v) is 6.23. The fourth-order valence-electron chi connectivity index (χ4n) is 2.37. The number of rotatable bonds is 1. The molecule has 5 heteroatoms. The highest BCUT2D eigenvalue weighted by atomic mass is 16.2. The zero-order valence-electron chi connectivity index (χ0n) is 10.4. The van der Waals surface area contributed by atoms with Crippen molar-refractivity contribution in [2.45, 2.75) is 0 Å². The van der Waals surface area contributed by atoms with Gasteiger partial charge in [0.15, 0.2) is 0 Å². The van der Waals surface area contributed by atoms with Crippen LogP contribution in [0, 0.1) is 0 Å². The molecule has 1 aromatic carbocycles. The van der Waals surface area contributed by atoms with Crippen molar-refractivity contribution in [1.82, 2.24) is 15.2 Å². The number of benzene rings is 1. The molecule has 4 rings (SSSR count). The molecule has 0 bridgehead atoms. The lowest BCUT2D eigenvalue weighted by atomic mass is 10.0. The van der Waals surface area contributed by atoms with Crippen LogP contribution in [0.25, 0.3) is 22.6 Å². The number of anilines is 1. The summed E-state index contributed by atoms with van der Waals surface area (Å²) in [5, 5.41) is 10.7. The third-order valence-corrected chi connectivity index (χ3v) is 3.35. The first kappa shape index (κ1) is 10.9. The number of aromatic amines is 1. The summed E-state index contributed by atoms with van der Waals surface area (Å²) in [6.45, 7) is 0. The maximum Gasteiger partial charge on any atom is 0.257 e. The minimum atomic E-state index is -0.122. The number of hydrogen-bond acceptors (Lipinski definition) is 3. The molecule has 1 aliphatic heterocycles. The first-order valence-electron chi connectivity index (χ1n) is 6.23. The number of amides is 1. The van der Waals surface area contributed by atoms with Crippen molar-refractivity contribution in [3.63, 3.8) is 0 Å². The van der Waals surface area contributed by atoms with Crippen LogP contribution in [0.15, 0.2) is 42.7 Å². The number of H-pyrrole nitrogens is 1. The van der Waals surface area contributed by atoms with Crippen LogP contribution in [-0.4, -0.2) is 21.1 Å². The van der Waals surface area contributed by atoms with Crippen LogP contribution < -0.4 is 5.32 Å². The van der Waals surface area contributed by atoms with Crippen LogP contribution in [0.2, 0.25) is 0 Å². The van der Waals surface area contributed by atoms with Gasteiger partial charge in [0.05, 0.1) is 17.3 Å². The van der Waals surface area contributed by atoms with Gasteiger partial charge in [0, 0.05) is 17.1 Å². The Kier molecular flexibility index (Phi) is 2.20. The van der Waals surface area contributed by atoms with E-state index in [-0.39, 0.29) is 5.91 Å². The number of carbonyl (C=O) groups is 1. The third-order valence-electron chi connectivity index (χ3n) is 3.35. The van der Waals surface area contributed by atoms with Gasteiger partial charge in [0.25, 0.3) is 5.91 Å². The van der Waals surface area contributed by atoms with Crippen molar-refractivity contribution in [2.24, 2.45) is 0 Å². The number of pyridine rings is 1. The van der Waals surface area contributed by atoms with E-state index < -0.39 is 0 Å². The van der Waals surface area contributed by atoms with Crippen LogP contribution in [-0.2, 0) is 4.79 Å². The summed E-state index contributed by atoms with van der Waals surface area (Å²) in [6, 6.07) is 9.62. The molecule has 96 valence electrons. The maximum atomic E-state index is 12.0. The van der Waals surface area contributed by atoms with Crippen LogP contribution in [0.1, 0.15) is 11.1 Å². The molecule has 3 heterocycles. The highest BCUT2D eigenvalue weighted by Crippen LogP contribution is 2.31. The average Bonchev–Trinajstić information content (AvgIpc) is 3.04. The van der Waals surface area contributed by atoms with E-state index in [2.05, 4.69) is 20.5 Å². The fraction of sp³-hybridized carbons (Fsp3) is 0. The molecule has 5 nitrogen and oxygen atoms in total. The molecule has 2 aromatic heterocycles. The Balaban J connectivity index is 1.85. The number of carbonyl (C=O) groups excluding carboxylic acids is 1. The highest BCUT2D eigenvalue weighted by molar-refractivity contribution is 6.34. The second-order valence-corrected chi connectivity index (χ2v) is 4.63. The standard InChI is InChI=1S/C15H10N4O/c20-15-12(11-2-1-5-16-14(11)18-15)6-9-3-4-10-8-17-19-13(10)7-9/h1-8H,(H,17,19)(H,16,18,20)/b12-6+. The van der Waals surface area contributed by atoms with Crippen molar-refractivity contribution >= 4 is 34.3 Å². The van der Waals surface area contributed by atoms with Gasteiger partial charge in [-0.2, -0.15) is 5.10 Å². The Morgan fingerprint density at radius 2 is 2.15 bits per heavy atom. The second kappa shape index (κ2) is 4.03. The van der Waals surface area contributed by atoms with Crippen LogP contribution >= 0.6 is 0 Å². The SMILES string of the molecule is O=C1Nc2ncccc2/C1=C\c1ccc2cn[nH]c2c1. The molecule has 0 spiro atoms. The monoisotopic (exact) mass is 262 g/mol. The summed E-state index contributed by atoms with van der Waals surface area (Å²) < 4.78 is 0. The molecule has 3 aromatic rings. The molecule has 0 radical (unpaired) electrons. The zero-order valence-corrected chi connectivity index (χ0v) is 10.4. The van der Waals surface area contributed by atoms with Crippen molar-refractivity contribution < 1.29 is 4.79 Å². The quantitative estimate of drug-likeness (QED) is 0.662. The lowest BCUT2D eigenvalue weighted by molar-refractivity contribution is -0.110. The Hall–Kier alpha value is -2.95. The molecular weight excluding hydrogens is 252 g/mol. The van der Waals surface area contributed by atoms with Crippen LogP contribution in [0.4, 0.5) is 5.82 Å². The fourth-order valence-corrected chi connectivity index (χ4v) is 2.37. The number of nitrogens with one attached hydrogen (secondary N) is 2. The van der Waals surface area contributed by atoms with E-state index in [4.69, 9.17) is 0 Å². The smallest absolute Gasteiger partial charge is 0.257 e. The van der Waals surface area contributed by atoms with Gasteiger partial charge in [0.1, 0.15) is 5.82 Å². The molecule has 0 atom stereocenters. The van der Waals surface area contributed by atoms with E-state index in [9.17, 15) is 4.79 Å². The van der Waals surface area contributed by atoms with Crippen molar-refractivity contribution in [3.05, 3.63) is 53.9 Å². The van der Waals surface area contributed by atoms with Crippen LogP contribution in [0.3, 0.4) is 0 Å². The number of hydrogen-bond donors (Lipinski definition) is 2. The maximum absolute atomic E-state index is 12.0. The highest BCUT2D eigenvalue weighted by Gasteiger charge is 2.24. The minimum Gasteiger partial charge on any atom is -0.306 e. The van der Waals surface area contributed by atoms with E-state index >= 15 is 0 Å². The zero-order chi connectivity index (χ0) is 13.5. The summed E-state index contributed by atoms with van der Waals surface area (Å²) in [5.74, 6) is 0.495. The van der Waals surface area contributed by atoms with Gasteiger partial charge >= 0.3 is 0 Å². The number of aromatic nitrogens is 3. The predicted octanol–water partition coefficient (Wildman–Crippen LogP) is 2.45. The molecule has 2 N–H and O–H groups in total. The van der Waals surface area contributed by atoms with E-state index in [1.165, 1.54) is 0 Å². The molecule has 0 saturated carbocycles. The van der Waals surface area contributed by atoms with Gasteiger partial charge < -0.3 is 5.32 Å². The Labute approximate surface area is 114 Å². The van der Waals surface area contributed by atoms with Crippen molar-refractivity contribution in [2.75, 3.05) is 5.32 Å². The summed E-state index contributed by atoms with van der Waals surface area (Å²) in [7, 11) is 0. The molecule has 0 fully saturated rings. The normalized spacial score (nSPS) is 15.6. The molecule has 0 aliphatic carbocycles. The van der Waals surface area contributed by atoms with Gasteiger partial charge in [-0.25, -0.2) is 4.98 Å². The second-order valence-electron chi connectivity index (χ2n) is 4.63. The summed E-state index contributed by atoms with van der Waals surface area (Å²) >= 11 is 0. The van der Waals surface area contributed by atoms with Gasteiger partial charge in [-0.1, -0.05) is 12.1 Å². The molecule has 20 heavy (non-hydrogen) atoms. The van der Waals surface area contributed by atoms with E-state index in [0.29, 0.717) is 11.4 Å². The van der Waals surface area contributed by atoms with Gasteiger partial charge in [0.2, 0.25) is 0 Å². The molecule has 0 saturated heterocycles. The minimum absolute atomic E-state index is 0.122. The average molecular weight is 262 g/mol. The molecular formula is C15H10N4O.